The zero-order valence-corrected chi connectivity index (χ0v) is 21.8. The SMILES string of the molecule is CC[C@H]1O[C@@H](n2nc(S(C)=O)c3c(N)ncnc32)C[C@@H]1O[Si](C(C)C)(C(C)C)C(C)C. The molecule has 174 valence electrons. The van der Waals surface area contributed by atoms with Crippen LogP contribution in [0.1, 0.15) is 67.5 Å². The van der Waals surface area contributed by atoms with Crippen LogP contribution in [0.5, 0.6) is 0 Å². The number of nitrogens with two attached hydrogens (primary N) is 1. The van der Waals surface area contributed by atoms with Gasteiger partial charge in [0.15, 0.2) is 16.9 Å². The third kappa shape index (κ3) is 4.19. The highest BCUT2D eigenvalue weighted by Crippen LogP contribution is 2.46. The van der Waals surface area contributed by atoms with E-state index in [-0.39, 0.29) is 24.3 Å². The number of hydrogen-bond donors (Lipinski definition) is 1. The first-order valence-corrected chi connectivity index (χ1v) is 14.9. The minimum atomic E-state index is -2.06. The second-order valence-corrected chi connectivity index (χ2v) is 16.1. The van der Waals surface area contributed by atoms with Crippen LogP contribution in [0.3, 0.4) is 0 Å². The molecule has 3 heterocycles. The van der Waals surface area contributed by atoms with Crippen molar-refractivity contribution in [3.8, 4) is 0 Å². The summed E-state index contributed by atoms with van der Waals surface area (Å²) in [5.74, 6) is 0.283. The van der Waals surface area contributed by atoms with Crippen molar-refractivity contribution in [3.05, 3.63) is 6.33 Å². The van der Waals surface area contributed by atoms with E-state index in [2.05, 4.69) is 63.5 Å². The van der Waals surface area contributed by atoms with Crippen LogP contribution in [0, 0.1) is 0 Å². The van der Waals surface area contributed by atoms with Crippen molar-refractivity contribution in [3.63, 3.8) is 0 Å². The average molecular weight is 468 g/mol. The van der Waals surface area contributed by atoms with Gasteiger partial charge in [-0.2, -0.15) is 5.10 Å². The average Bonchev–Trinajstić information content (AvgIpc) is 3.26. The highest BCUT2D eigenvalue weighted by Gasteiger charge is 2.50. The fourth-order valence-electron chi connectivity index (χ4n) is 5.37. The predicted molar refractivity (Wildman–Crippen MR) is 127 cm³/mol. The quantitative estimate of drug-likeness (QED) is 0.573. The highest BCUT2D eigenvalue weighted by atomic mass is 32.2. The van der Waals surface area contributed by atoms with Crippen LogP contribution >= 0.6 is 0 Å². The lowest BCUT2D eigenvalue weighted by atomic mass is 10.1. The maximum absolute atomic E-state index is 12.3. The van der Waals surface area contributed by atoms with Crippen LogP contribution in [0.4, 0.5) is 5.82 Å². The Morgan fingerprint density at radius 2 is 1.84 bits per heavy atom. The molecule has 2 aromatic heterocycles. The van der Waals surface area contributed by atoms with Crippen LogP contribution in [0.2, 0.25) is 16.6 Å². The van der Waals surface area contributed by atoms with Crippen LogP contribution in [-0.2, 0) is 20.0 Å². The molecule has 0 spiro atoms. The first kappa shape index (κ1) is 24.3. The first-order valence-electron chi connectivity index (χ1n) is 11.2. The maximum Gasteiger partial charge on any atom is 0.200 e. The summed E-state index contributed by atoms with van der Waals surface area (Å²) in [6, 6.07) is 0. The zero-order chi connectivity index (χ0) is 23.1. The molecule has 1 unspecified atom stereocenters. The molecule has 2 aromatic rings. The van der Waals surface area contributed by atoms with Crippen molar-refractivity contribution in [1.29, 1.82) is 0 Å². The molecular weight excluding hydrogens is 430 g/mol. The zero-order valence-electron chi connectivity index (χ0n) is 20.0. The summed E-state index contributed by atoms with van der Waals surface area (Å²) in [4.78, 5) is 8.45. The molecule has 0 saturated carbocycles. The topological polar surface area (TPSA) is 105 Å². The summed E-state index contributed by atoms with van der Waals surface area (Å²) in [6.07, 6.45) is 4.14. The van der Waals surface area contributed by atoms with Crippen LogP contribution in [0.15, 0.2) is 11.4 Å². The Balaban J connectivity index is 1.99. The third-order valence-electron chi connectivity index (χ3n) is 6.68. The molecule has 31 heavy (non-hydrogen) atoms. The van der Waals surface area contributed by atoms with E-state index in [1.165, 1.54) is 6.33 Å². The van der Waals surface area contributed by atoms with Crippen molar-refractivity contribution in [2.75, 3.05) is 12.0 Å². The Kier molecular flexibility index (Phi) is 7.24. The fraction of sp³-hybridized carbons (Fsp3) is 0.762. The van der Waals surface area contributed by atoms with Gasteiger partial charge in [-0.25, -0.2) is 14.6 Å². The molecule has 2 N–H and O–H groups in total. The van der Waals surface area contributed by atoms with Crippen molar-refractivity contribution >= 4 is 36.0 Å². The summed E-state index contributed by atoms with van der Waals surface area (Å²) >= 11 is 0. The minimum absolute atomic E-state index is 0.0112. The minimum Gasteiger partial charge on any atom is -0.410 e. The molecule has 1 fully saturated rings. The Hall–Kier alpha value is -1.36. The fourth-order valence-corrected chi connectivity index (χ4v) is 11.6. The number of aromatic nitrogens is 4. The third-order valence-corrected chi connectivity index (χ3v) is 13.6. The van der Waals surface area contributed by atoms with E-state index in [1.54, 1.807) is 10.9 Å². The monoisotopic (exact) mass is 467 g/mol. The van der Waals surface area contributed by atoms with Crippen LogP contribution in [-0.4, -0.2) is 50.7 Å². The molecule has 0 aliphatic carbocycles. The van der Waals surface area contributed by atoms with E-state index in [4.69, 9.17) is 14.9 Å². The molecule has 10 heteroatoms. The molecule has 1 aliphatic heterocycles. The van der Waals surface area contributed by atoms with Crippen LogP contribution in [0.25, 0.3) is 11.0 Å². The van der Waals surface area contributed by atoms with Gasteiger partial charge in [0.1, 0.15) is 12.1 Å². The van der Waals surface area contributed by atoms with E-state index in [0.717, 1.165) is 6.42 Å². The van der Waals surface area contributed by atoms with Crippen molar-refractivity contribution in [1.82, 2.24) is 19.7 Å². The van der Waals surface area contributed by atoms with Crippen molar-refractivity contribution < 1.29 is 13.4 Å². The summed E-state index contributed by atoms with van der Waals surface area (Å²) in [5.41, 5.74) is 8.12. The van der Waals surface area contributed by atoms with Crippen molar-refractivity contribution in [2.45, 2.75) is 101 Å². The van der Waals surface area contributed by atoms with Gasteiger partial charge >= 0.3 is 0 Å². The molecule has 8 nitrogen and oxygen atoms in total. The van der Waals surface area contributed by atoms with E-state index in [9.17, 15) is 4.21 Å². The Morgan fingerprint density at radius 1 is 1.23 bits per heavy atom. The van der Waals surface area contributed by atoms with Gasteiger partial charge in [0.2, 0.25) is 8.32 Å². The van der Waals surface area contributed by atoms with Gasteiger partial charge in [0.25, 0.3) is 0 Å². The maximum atomic E-state index is 12.3. The first-order chi connectivity index (χ1) is 14.5. The Morgan fingerprint density at radius 3 is 2.35 bits per heavy atom. The summed E-state index contributed by atoms with van der Waals surface area (Å²) < 4.78 is 27.5. The lowest BCUT2D eigenvalue weighted by Gasteiger charge is -2.44. The van der Waals surface area contributed by atoms with E-state index in [0.29, 0.717) is 39.1 Å². The van der Waals surface area contributed by atoms with Gasteiger partial charge in [-0.3, -0.25) is 4.21 Å². The molecule has 4 atom stereocenters. The van der Waals surface area contributed by atoms with E-state index >= 15 is 0 Å². The van der Waals surface area contributed by atoms with Gasteiger partial charge in [0, 0.05) is 12.7 Å². The van der Waals surface area contributed by atoms with Crippen LogP contribution < -0.4 is 5.73 Å². The number of nitrogens with zero attached hydrogens (tertiary/aromatic N) is 4. The number of rotatable bonds is 8. The number of anilines is 1. The van der Waals surface area contributed by atoms with Gasteiger partial charge < -0.3 is 14.9 Å². The summed E-state index contributed by atoms with van der Waals surface area (Å²) in [5, 5.41) is 5.54. The second kappa shape index (κ2) is 9.25. The normalized spacial score (nSPS) is 23.5. The van der Waals surface area contributed by atoms with Gasteiger partial charge in [-0.05, 0) is 23.0 Å². The Labute approximate surface area is 188 Å². The smallest absolute Gasteiger partial charge is 0.200 e. The molecule has 1 aliphatic rings. The lowest BCUT2D eigenvalue weighted by molar-refractivity contribution is -0.0222. The van der Waals surface area contributed by atoms with E-state index < -0.39 is 19.1 Å². The molecule has 0 radical (unpaired) electrons. The van der Waals surface area contributed by atoms with Gasteiger partial charge in [-0.15, -0.1) is 0 Å². The lowest BCUT2D eigenvalue weighted by Crippen LogP contribution is -2.51. The number of fused-ring (bicyclic) bond motifs is 1. The van der Waals surface area contributed by atoms with Gasteiger partial charge in [-0.1, -0.05) is 48.5 Å². The van der Waals surface area contributed by atoms with E-state index in [1.807, 2.05) is 0 Å². The molecule has 0 amide bonds. The Bertz CT molecular complexity index is 927. The molecule has 0 aromatic carbocycles. The standard InChI is InChI=1S/C21H37N5O3SSi/c1-9-15-16(29-31(12(2)3,13(4)5)14(6)7)10-17(28-15)26-20-18(19(22)23-11-24-20)21(25-26)30(8)27/h11-17H,9-10H2,1-8H3,(H2,22,23,24)/t15-,16+,17-,30?/m1/s1. The highest BCUT2D eigenvalue weighted by molar-refractivity contribution is 7.84. The molecule has 3 rings (SSSR count). The molecule has 0 bridgehead atoms. The molecular formula is C21H37N5O3SSi. The van der Waals surface area contributed by atoms with Gasteiger partial charge in [0.05, 0.1) is 28.4 Å². The molecule has 1 saturated heterocycles. The summed E-state index contributed by atoms with van der Waals surface area (Å²) in [7, 11) is -3.38. The largest absolute Gasteiger partial charge is 0.410 e. The number of ether oxygens (including phenoxy) is 1. The number of hydrogen-bond acceptors (Lipinski definition) is 7. The predicted octanol–water partition coefficient (Wildman–Crippen LogP) is 4.40. The second-order valence-electron chi connectivity index (χ2n) is 9.41. The summed E-state index contributed by atoms with van der Waals surface area (Å²) in [6.45, 7) is 15.9. The number of nitrogen functional groups attached to an aromatic ring is 1. The van der Waals surface area contributed by atoms with Crippen molar-refractivity contribution in [2.24, 2.45) is 0 Å².